The van der Waals surface area contributed by atoms with Crippen molar-refractivity contribution in [2.24, 2.45) is 14.9 Å². The normalized spacial score (nSPS) is 25.2. The number of hydrogen-bond acceptors (Lipinski definition) is 7. The molecule has 1 saturated carbocycles. The summed E-state index contributed by atoms with van der Waals surface area (Å²) in [7, 11) is -3.39. The van der Waals surface area contributed by atoms with Gasteiger partial charge in [-0.05, 0) is 62.0 Å². The van der Waals surface area contributed by atoms with Gasteiger partial charge in [-0.15, -0.1) is 0 Å². The van der Waals surface area contributed by atoms with Gasteiger partial charge in [0.2, 0.25) is 12.2 Å². The van der Waals surface area contributed by atoms with Crippen LogP contribution in [-0.4, -0.2) is 37.0 Å². The van der Waals surface area contributed by atoms with E-state index in [0.29, 0.717) is 18.4 Å². The molecular weight excluding hydrogens is 416 g/mol. The van der Waals surface area contributed by atoms with E-state index in [2.05, 4.69) is 21.7 Å². The van der Waals surface area contributed by atoms with Crippen molar-refractivity contribution in [3.8, 4) is 5.88 Å². The zero-order valence-corrected chi connectivity index (χ0v) is 18.5. The standard InChI is InChI=1S/C21H28N6O3S/c1-12-5-6-14-17(12)24-15-4-2-3-13(15)18(14)25-20(28)26-31(22,29)16-9-23-27-10-21(7-8-21)11-30-19(16)27/h9,12,20,28H,2-8,10-11H2,1H3,(H,24,25)(H2,22,26,29). The van der Waals surface area contributed by atoms with Crippen LogP contribution in [-0.2, 0) is 35.7 Å². The Kier molecular flexibility index (Phi) is 4.19. The topological polar surface area (TPSA) is 128 Å². The Morgan fingerprint density at radius 1 is 1.39 bits per heavy atom. The number of aryl methyl sites for hydroxylation is 1. The van der Waals surface area contributed by atoms with Crippen molar-refractivity contribution in [3.63, 3.8) is 0 Å². The number of aliphatic hydroxyl groups is 1. The minimum absolute atomic E-state index is 0.170. The molecule has 3 atom stereocenters. The molecule has 3 unspecified atom stereocenters. The molecule has 2 aromatic heterocycles. The average Bonchev–Trinajstić information content (AvgIpc) is 3.09. The van der Waals surface area contributed by atoms with Gasteiger partial charge in [0.05, 0.1) is 19.3 Å². The highest BCUT2D eigenvalue weighted by atomic mass is 32.2. The van der Waals surface area contributed by atoms with Gasteiger partial charge in [0, 0.05) is 22.5 Å². The lowest BCUT2D eigenvalue weighted by Crippen LogP contribution is -2.28. The number of nitrogens with zero attached hydrogens (tertiary/aromatic N) is 4. The molecule has 2 aromatic rings. The highest BCUT2D eigenvalue weighted by Gasteiger charge is 2.48. The SMILES string of the molecule is CC1CCc2c1nc1c(c2NC(O)N=S(N)(=O)c2cnn3c2OCC2(CC2)C3)CCC1. The van der Waals surface area contributed by atoms with Crippen LogP contribution in [0.1, 0.15) is 61.0 Å². The van der Waals surface area contributed by atoms with Crippen molar-refractivity contribution in [1.29, 1.82) is 0 Å². The van der Waals surface area contributed by atoms with E-state index in [1.54, 1.807) is 4.68 Å². The number of fused-ring (bicyclic) bond motifs is 3. The van der Waals surface area contributed by atoms with Gasteiger partial charge in [-0.2, -0.15) is 9.46 Å². The highest BCUT2D eigenvalue weighted by Crippen LogP contribution is 2.50. The molecule has 3 heterocycles. The third-order valence-electron chi connectivity index (χ3n) is 7.21. The molecule has 3 aliphatic carbocycles. The molecule has 0 saturated heterocycles. The van der Waals surface area contributed by atoms with Crippen LogP contribution in [0.2, 0.25) is 0 Å². The van der Waals surface area contributed by atoms with Crippen LogP contribution >= 0.6 is 0 Å². The first kappa shape index (κ1) is 19.5. The van der Waals surface area contributed by atoms with E-state index in [4.69, 9.17) is 14.9 Å². The van der Waals surface area contributed by atoms with Crippen LogP contribution < -0.4 is 15.2 Å². The Morgan fingerprint density at radius 3 is 3.03 bits per heavy atom. The molecule has 6 rings (SSSR count). The van der Waals surface area contributed by atoms with E-state index in [0.717, 1.165) is 79.7 Å². The largest absolute Gasteiger partial charge is 0.476 e. The summed E-state index contributed by atoms with van der Waals surface area (Å²) in [6.45, 7) is 3.51. The molecule has 31 heavy (non-hydrogen) atoms. The Morgan fingerprint density at radius 2 is 2.23 bits per heavy atom. The van der Waals surface area contributed by atoms with Gasteiger partial charge in [-0.3, -0.25) is 4.98 Å². The summed E-state index contributed by atoms with van der Waals surface area (Å²) in [5.74, 6) is 0.806. The van der Waals surface area contributed by atoms with Crippen LogP contribution in [0.4, 0.5) is 5.69 Å². The van der Waals surface area contributed by atoms with Gasteiger partial charge in [0.25, 0.3) is 0 Å². The number of rotatable bonds is 4. The number of nitrogens with two attached hydrogens (primary N) is 1. The second-order valence-electron chi connectivity index (χ2n) is 9.52. The lowest BCUT2D eigenvalue weighted by Gasteiger charge is -2.24. The number of pyridine rings is 1. The van der Waals surface area contributed by atoms with Crippen molar-refractivity contribution in [2.75, 3.05) is 11.9 Å². The predicted molar refractivity (Wildman–Crippen MR) is 115 cm³/mol. The van der Waals surface area contributed by atoms with Crippen molar-refractivity contribution in [3.05, 3.63) is 28.7 Å². The highest BCUT2D eigenvalue weighted by molar-refractivity contribution is 7.91. The Labute approximate surface area is 181 Å². The lowest BCUT2D eigenvalue weighted by molar-refractivity contribution is 0.144. The number of hydrogen-bond donors (Lipinski definition) is 3. The summed E-state index contributed by atoms with van der Waals surface area (Å²) in [4.78, 5) is 5.14. The maximum Gasteiger partial charge on any atom is 0.233 e. The van der Waals surface area contributed by atoms with E-state index in [9.17, 15) is 9.32 Å². The molecule has 0 aromatic carbocycles. The van der Waals surface area contributed by atoms with E-state index < -0.39 is 16.3 Å². The zero-order valence-electron chi connectivity index (χ0n) is 17.6. The van der Waals surface area contributed by atoms with Crippen LogP contribution in [0, 0.1) is 5.41 Å². The summed E-state index contributed by atoms with van der Waals surface area (Å²) >= 11 is 0. The van der Waals surface area contributed by atoms with Gasteiger partial charge in [-0.25, -0.2) is 14.0 Å². The Balaban J connectivity index is 1.32. The van der Waals surface area contributed by atoms with Gasteiger partial charge in [0.1, 0.15) is 14.8 Å². The zero-order chi connectivity index (χ0) is 21.4. The van der Waals surface area contributed by atoms with Crippen LogP contribution in [0.25, 0.3) is 0 Å². The fourth-order valence-electron chi connectivity index (χ4n) is 5.22. The van der Waals surface area contributed by atoms with Gasteiger partial charge >= 0.3 is 0 Å². The molecule has 1 fully saturated rings. The minimum Gasteiger partial charge on any atom is -0.476 e. The first-order valence-electron chi connectivity index (χ1n) is 11.1. The summed E-state index contributed by atoms with van der Waals surface area (Å²) < 4.78 is 24.9. The van der Waals surface area contributed by atoms with Crippen LogP contribution in [0.15, 0.2) is 15.5 Å². The summed E-state index contributed by atoms with van der Waals surface area (Å²) in [6, 6.07) is 0. The fourth-order valence-corrected chi connectivity index (χ4v) is 6.29. The van der Waals surface area contributed by atoms with Crippen LogP contribution in [0.3, 0.4) is 0 Å². The average molecular weight is 445 g/mol. The summed E-state index contributed by atoms with van der Waals surface area (Å²) in [6.07, 6.45) is 7.17. The monoisotopic (exact) mass is 444 g/mol. The summed E-state index contributed by atoms with van der Waals surface area (Å²) in [5.41, 5.74) is 5.57. The number of aliphatic hydroxyl groups excluding tert-OH is 1. The minimum atomic E-state index is -3.39. The lowest BCUT2D eigenvalue weighted by atomic mass is 10.0. The van der Waals surface area contributed by atoms with Gasteiger partial charge in [0.15, 0.2) is 0 Å². The molecule has 4 aliphatic rings. The van der Waals surface area contributed by atoms with Crippen molar-refractivity contribution >= 4 is 15.6 Å². The molecule has 166 valence electrons. The van der Waals surface area contributed by atoms with Gasteiger partial charge < -0.3 is 15.2 Å². The number of aromatic nitrogens is 3. The van der Waals surface area contributed by atoms with Crippen molar-refractivity contribution in [1.82, 2.24) is 14.8 Å². The van der Waals surface area contributed by atoms with E-state index >= 15 is 0 Å². The number of ether oxygens (including phenoxy) is 1. The first-order valence-corrected chi connectivity index (χ1v) is 12.6. The third-order valence-corrected chi connectivity index (χ3v) is 8.64. The fraction of sp³-hybridized carbons (Fsp3) is 0.619. The van der Waals surface area contributed by atoms with E-state index in [1.807, 2.05) is 0 Å². The maximum atomic E-state index is 13.3. The molecule has 10 heteroatoms. The molecular formula is C21H28N6O3S. The molecule has 4 N–H and O–H groups in total. The van der Waals surface area contributed by atoms with E-state index in [1.165, 1.54) is 6.20 Å². The third kappa shape index (κ3) is 3.15. The quantitative estimate of drug-likeness (QED) is 0.620. The summed E-state index contributed by atoms with van der Waals surface area (Å²) in [5, 5.41) is 24.3. The van der Waals surface area contributed by atoms with Crippen molar-refractivity contribution < 1.29 is 14.1 Å². The molecule has 0 bridgehead atoms. The smallest absolute Gasteiger partial charge is 0.233 e. The second kappa shape index (κ2) is 6.66. The molecule has 0 amide bonds. The Bertz CT molecular complexity index is 1190. The molecule has 9 nitrogen and oxygen atoms in total. The van der Waals surface area contributed by atoms with Crippen molar-refractivity contribution in [2.45, 2.75) is 75.6 Å². The molecule has 1 spiro atoms. The second-order valence-corrected chi connectivity index (χ2v) is 11.3. The first-order chi connectivity index (χ1) is 14.9. The van der Waals surface area contributed by atoms with E-state index in [-0.39, 0.29) is 10.3 Å². The van der Waals surface area contributed by atoms with Gasteiger partial charge in [-0.1, -0.05) is 6.92 Å². The molecule has 0 radical (unpaired) electrons. The van der Waals surface area contributed by atoms with Crippen LogP contribution in [0.5, 0.6) is 5.88 Å². The number of anilines is 1. The predicted octanol–water partition coefficient (Wildman–Crippen LogP) is 2.08. The molecule has 1 aliphatic heterocycles. The Hall–Kier alpha value is -2.17. The maximum absolute atomic E-state index is 13.3. The number of nitrogens with one attached hydrogen (secondary N) is 1.